The molecule has 0 saturated carbocycles. The van der Waals surface area contributed by atoms with Gasteiger partial charge in [-0.25, -0.2) is 14.8 Å². The Kier molecular flexibility index (Phi) is 4.46. The van der Waals surface area contributed by atoms with Gasteiger partial charge >= 0.3 is 5.97 Å². The Morgan fingerprint density at radius 3 is 2.71 bits per heavy atom. The van der Waals surface area contributed by atoms with Crippen molar-refractivity contribution in [2.24, 2.45) is 5.92 Å². The largest absolute Gasteiger partial charge is 0.476 e. The number of amides is 2. The molecule has 0 aliphatic carbocycles. The van der Waals surface area contributed by atoms with Crippen molar-refractivity contribution in [3.8, 4) is 0 Å². The lowest BCUT2D eigenvalue weighted by molar-refractivity contribution is -0.132. The highest BCUT2D eigenvalue weighted by Gasteiger charge is 2.28. The zero-order valence-electron chi connectivity index (χ0n) is 11.6. The smallest absolute Gasteiger partial charge is 0.358 e. The SMILES string of the molecule is CC(=O)N1CCCC(C(=O)Nc2nccnc2C(=O)O)C1. The summed E-state index contributed by atoms with van der Waals surface area (Å²) in [6.07, 6.45) is 3.95. The third-order valence-electron chi connectivity index (χ3n) is 3.38. The lowest BCUT2D eigenvalue weighted by Gasteiger charge is -2.31. The van der Waals surface area contributed by atoms with Crippen LogP contribution < -0.4 is 5.32 Å². The molecule has 0 spiro atoms. The zero-order chi connectivity index (χ0) is 15.4. The molecule has 21 heavy (non-hydrogen) atoms. The van der Waals surface area contributed by atoms with Crippen LogP contribution in [0.1, 0.15) is 30.3 Å². The van der Waals surface area contributed by atoms with E-state index in [2.05, 4.69) is 15.3 Å². The van der Waals surface area contributed by atoms with Gasteiger partial charge in [-0.3, -0.25) is 9.59 Å². The number of piperidine rings is 1. The zero-order valence-corrected chi connectivity index (χ0v) is 11.6. The van der Waals surface area contributed by atoms with E-state index in [0.29, 0.717) is 19.5 Å². The number of carbonyl (C=O) groups excluding carboxylic acids is 2. The number of carboxylic acids is 1. The van der Waals surface area contributed by atoms with Gasteiger partial charge < -0.3 is 15.3 Å². The predicted molar refractivity (Wildman–Crippen MR) is 72.6 cm³/mol. The van der Waals surface area contributed by atoms with Gasteiger partial charge in [-0.15, -0.1) is 0 Å². The average molecular weight is 292 g/mol. The summed E-state index contributed by atoms with van der Waals surface area (Å²) in [6.45, 7) is 2.44. The summed E-state index contributed by atoms with van der Waals surface area (Å²) >= 11 is 0. The third kappa shape index (κ3) is 3.53. The molecule has 1 atom stereocenters. The van der Waals surface area contributed by atoms with E-state index in [1.165, 1.54) is 19.3 Å². The van der Waals surface area contributed by atoms with Crippen molar-refractivity contribution in [3.05, 3.63) is 18.1 Å². The number of anilines is 1. The summed E-state index contributed by atoms with van der Waals surface area (Å²) in [5.41, 5.74) is -0.301. The highest BCUT2D eigenvalue weighted by molar-refractivity contribution is 5.98. The van der Waals surface area contributed by atoms with Crippen molar-refractivity contribution in [1.82, 2.24) is 14.9 Å². The molecule has 1 aromatic rings. The van der Waals surface area contributed by atoms with E-state index < -0.39 is 5.97 Å². The van der Waals surface area contributed by atoms with Gasteiger partial charge in [0.2, 0.25) is 11.8 Å². The van der Waals surface area contributed by atoms with Crippen LogP contribution in [-0.4, -0.2) is 50.8 Å². The number of carbonyl (C=O) groups is 3. The van der Waals surface area contributed by atoms with Gasteiger partial charge in [0, 0.05) is 32.4 Å². The lowest BCUT2D eigenvalue weighted by Crippen LogP contribution is -2.43. The molecular weight excluding hydrogens is 276 g/mol. The standard InChI is InChI=1S/C13H16N4O4/c1-8(18)17-6-2-3-9(7-17)12(19)16-11-10(13(20)21)14-4-5-15-11/h4-5,9H,2-3,6-7H2,1H3,(H,20,21)(H,15,16,19). The maximum atomic E-state index is 12.2. The molecule has 8 nitrogen and oxygen atoms in total. The molecule has 1 aliphatic heterocycles. The molecule has 0 bridgehead atoms. The number of aromatic carboxylic acids is 1. The van der Waals surface area contributed by atoms with Crippen molar-refractivity contribution >= 4 is 23.6 Å². The Morgan fingerprint density at radius 2 is 2.05 bits per heavy atom. The van der Waals surface area contributed by atoms with E-state index in [1.807, 2.05) is 0 Å². The number of hydrogen-bond donors (Lipinski definition) is 2. The predicted octanol–water partition coefficient (Wildman–Crippen LogP) is 0.372. The van der Waals surface area contributed by atoms with Gasteiger partial charge in [0.15, 0.2) is 11.5 Å². The minimum absolute atomic E-state index is 0.0711. The Bertz CT molecular complexity index is 575. The molecule has 1 saturated heterocycles. The normalized spacial score (nSPS) is 18.1. The van der Waals surface area contributed by atoms with Crippen LogP contribution in [0.25, 0.3) is 0 Å². The van der Waals surface area contributed by atoms with E-state index in [-0.39, 0.29) is 29.2 Å². The van der Waals surface area contributed by atoms with Crippen molar-refractivity contribution in [1.29, 1.82) is 0 Å². The Morgan fingerprint density at radius 1 is 1.33 bits per heavy atom. The molecule has 2 amide bonds. The fourth-order valence-electron chi connectivity index (χ4n) is 2.28. The van der Waals surface area contributed by atoms with Crippen LogP contribution in [0.4, 0.5) is 5.82 Å². The van der Waals surface area contributed by atoms with Crippen molar-refractivity contribution in [2.75, 3.05) is 18.4 Å². The number of rotatable bonds is 3. The summed E-state index contributed by atoms with van der Waals surface area (Å²) in [5.74, 6) is -2.11. The Balaban J connectivity index is 2.08. The van der Waals surface area contributed by atoms with Crippen LogP contribution in [0.15, 0.2) is 12.4 Å². The van der Waals surface area contributed by atoms with Gasteiger partial charge in [-0.2, -0.15) is 0 Å². The topological polar surface area (TPSA) is 112 Å². The van der Waals surface area contributed by atoms with E-state index in [1.54, 1.807) is 4.90 Å². The van der Waals surface area contributed by atoms with Gasteiger partial charge in [-0.1, -0.05) is 0 Å². The van der Waals surface area contributed by atoms with Crippen LogP contribution in [0.2, 0.25) is 0 Å². The molecule has 8 heteroatoms. The number of carboxylic acid groups (broad SMARTS) is 1. The highest BCUT2D eigenvalue weighted by atomic mass is 16.4. The molecule has 1 fully saturated rings. The monoisotopic (exact) mass is 292 g/mol. The van der Waals surface area contributed by atoms with E-state index in [9.17, 15) is 14.4 Å². The van der Waals surface area contributed by atoms with Crippen LogP contribution in [0, 0.1) is 5.92 Å². The molecule has 0 radical (unpaired) electrons. The summed E-state index contributed by atoms with van der Waals surface area (Å²) < 4.78 is 0. The fourth-order valence-corrected chi connectivity index (χ4v) is 2.28. The number of nitrogens with zero attached hydrogens (tertiary/aromatic N) is 3. The molecular formula is C13H16N4O4. The summed E-state index contributed by atoms with van der Waals surface area (Å²) in [6, 6.07) is 0. The Hall–Kier alpha value is -2.51. The molecule has 2 rings (SSSR count). The minimum Gasteiger partial charge on any atom is -0.476 e. The lowest BCUT2D eigenvalue weighted by atomic mass is 9.97. The van der Waals surface area contributed by atoms with Gasteiger partial charge in [-0.05, 0) is 12.8 Å². The quantitative estimate of drug-likeness (QED) is 0.832. The number of likely N-dealkylation sites (tertiary alicyclic amines) is 1. The molecule has 112 valence electrons. The fraction of sp³-hybridized carbons (Fsp3) is 0.462. The minimum atomic E-state index is -1.26. The summed E-state index contributed by atoms with van der Waals surface area (Å²) in [5, 5.41) is 11.5. The molecule has 2 heterocycles. The molecule has 2 N–H and O–H groups in total. The number of aromatic nitrogens is 2. The van der Waals surface area contributed by atoms with Crippen molar-refractivity contribution in [2.45, 2.75) is 19.8 Å². The molecule has 1 unspecified atom stereocenters. The second-order valence-corrected chi connectivity index (χ2v) is 4.85. The average Bonchev–Trinajstić information content (AvgIpc) is 2.47. The molecule has 1 aromatic heterocycles. The number of nitrogens with one attached hydrogen (secondary N) is 1. The van der Waals surface area contributed by atoms with E-state index >= 15 is 0 Å². The second kappa shape index (κ2) is 6.29. The summed E-state index contributed by atoms with van der Waals surface area (Å²) in [4.78, 5) is 43.7. The van der Waals surface area contributed by atoms with Gasteiger partial charge in [0.05, 0.1) is 5.92 Å². The summed E-state index contributed by atoms with van der Waals surface area (Å²) in [7, 11) is 0. The highest BCUT2D eigenvalue weighted by Crippen LogP contribution is 2.19. The Labute approximate surface area is 121 Å². The van der Waals surface area contributed by atoms with Gasteiger partial charge in [0.1, 0.15) is 0 Å². The van der Waals surface area contributed by atoms with Crippen LogP contribution in [-0.2, 0) is 9.59 Å². The first-order valence-electron chi connectivity index (χ1n) is 6.59. The number of hydrogen-bond acceptors (Lipinski definition) is 5. The second-order valence-electron chi connectivity index (χ2n) is 4.85. The maximum Gasteiger partial charge on any atom is 0.358 e. The first-order valence-corrected chi connectivity index (χ1v) is 6.59. The van der Waals surface area contributed by atoms with Crippen LogP contribution >= 0.6 is 0 Å². The van der Waals surface area contributed by atoms with Crippen LogP contribution in [0.3, 0.4) is 0 Å². The van der Waals surface area contributed by atoms with Crippen LogP contribution in [0.5, 0.6) is 0 Å². The molecule has 0 aromatic carbocycles. The van der Waals surface area contributed by atoms with Gasteiger partial charge in [0.25, 0.3) is 0 Å². The maximum absolute atomic E-state index is 12.2. The first-order chi connectivity index (χ1) is 9.99. The third-order valence-corrected chi connectivity index (χ3v) is 3.38. The van der Waals surface area contributed by atoms with E-state index in [4.69, 9.17) is 5.11 Å². The first kappa shape index (κ1) is 14.9. The van der Waals surface area contributed by atoms with Crippen molar-refractivity contribution < 1.29 is 19.5 Å². The molecule has 1 aliphatic rings. The van der Waals surface area contributed by atoms with Crippen molar-refractivity contribution in [3.63, 3.8) is 0 Å². The van der Waals surface area contributed by atoms with E-state index in [0.717, 1.165) is 6.42 Å².